The molecule has 5 heterocycles. The number of likely N-dealkylation sites (tertiary alicyclic amines) is 1. The molecule has 0 saturated carbocycles. The third-order valence-corrected chi connectivity index (χ3v) is 6.96. The summed E-state index contributed by atoms with van der Waals surface area (Å²) >= 11 is 6.19. The summed E-state index contributed by atoms with van der Waals surface area (Å²) in [7, 11) is 2.05. The van der Waals surface area contributed by atoms with Crippen molar-refractivity contribution < 1.29 is 14.3 Å². The van der Waals surface area contributed by atoms with Crippen LogP contribution in [0.25, 0.3) is 16.9 Å². The molecule has 3 aromatic heterocycles. The number of rotatable bonds is 4. The quantitative estimate of drug-likeness (QED) is 0.490. The maximum atomic E-state index is 12.4. The minimum atomic E-state index is -0.487. The summed E-state index contributed by atoms with van der Waals surface area (Å²) in [5, 5.41) is 9.01. The van der Waals surface area contributed by atoms with Crippen LogP contribution in [0.1, 0.15) is 39.3 Å². The molecule has 3 aromatic rings. The van der Waals surface area contributed by atoms with Crippen molar-refractivity contribution >= 4 is 34.8 Å². The van der Waals surface area contributed by atoms with Crippen LogP contribution in [0.2, 0.25) is 5.15 Å². The Bertz CT molecular complexity index is 1310. The number of nitrogens with zero attached hydrogens (tertiary/aromatic N) is 6. The largest absolute Gasteiger partial charge is 0.486 e. The van der Waals surface area contributed by atoms with Crippen LogP contribution < -0.4 is 15.0 Å². The number of amides is 1. The molecule has 0 atom stereocenters. The highest BCUT2D eigenvalue weighted by molar-refractivity contribution is 6.29. The topological polar surface area (TPSA) is 97.1 Å². The van der Waals surface area contributed by atoms with Crippen molar-refractivity contribution in [2.75, 3.05) is 50.1 Å². The SMILES string of the molecule is Cc1nc2c3c(c(NCC4CCN(C(=O)OC(C)(C)C)CC4)nn2c1-c1ccnc(Cl)c1)N(C)CCO3. The predicted octanol–water partition coefficient (Wildman–Crippen LogP) is 4.64. The second kappa shape index (κ2) is 9.89. The van der Waals surface area contributed by atoms with E-state index in [0.29, 0.717) is 36.4 Å². The van der Waals surface area contributed by atoms with E-state index in [9.17, 15) is 4.79 Å². The number of hydrogen-bond acceptors (Lipinski definition) is 8. The number of aryl methyl sites for hydroxylation is 1. The van der Waals surface area contributed by atoms with Crippen LogP contribution in [-0.2, 0) is 4.74 Å². The number of imidazole rings is 1. The van der Waals surface area contributed by atoms with E-state index in [1.54, 1.807) is 11.1 Å². The first-order valence-corrected chi connectivity index (χ1v) is 13.1. The van der Waals surface area contributed by atoms with Gasteiger partial charge in [0.25, 0.3) is 0 Å². The van der Waals surface area contributed by atoms with Crippen LogP contribution in [0.15, 0.2) is 18.3 Å². The van der Waals surface area contributed by atoms with Gasteiger partial charge in [-0.3, -0.25) is 0 Å². The monoisotopic (exact) mass is 527 g/mol. The van der Waals surface area contributed by atoms with E-state index in [2.05, 4.69) is 15.2 Å². The first-order valence-electron chi connectivity index (χ1n) is 12.7. The lowest BCUT2D eigenvalue weighted by atomic mass is 9.97. The number of pyridine rings is 1. The van der Waals surface area contributed by atoms with Gasteiger partial charge in [0.15, 0.2) is 17.2 Å². The lowest BCUT2D eigenvalue weighted by Crippen LogP contribution is -2.42. The highest BCUT2D eigenvalue weighted by atomic mass is 35.5. The first-order chi connectivity index (χ1) is 17.6. The van der Waals surface area contributed by atoms with Crippen molar-refractivity contribution in [1.82, 2.24) is 24.5 Å². The molecule has 2 aliphatic rings. The van der Waals surface area contributed by atoms with Gasteiger partial charge in [-0.05, 0) is 58.6 Å². The molecule has 0 aliphatic carbocycles. The number of aromatic nitrogens is 4. The number of fused-ring (bicyclic) bond motifs is 3. The molecule has 1 N–H and O–H groups in total. The minimum Gasteiger partial charge on any atom is -0.486 e. The van der Waals surface area contributed by atoms with E-state index in [4.69, 9.17) is 31.2 Å². The van der Waals surface area contributed by atoms with Crippen molar-refractivity contribution in [3.05, 3.63) is 29.2 Å². The minimum absolute atomic E-state index is 0.238. The van der Waals surface area contributed by atoms with Crippen LogP contribution in [0, 0.1) is 12.8 Å². The number of carbonyl (C=O) groups is 1. The van der Waals surface area contributed by atoms with E-state index in [-0.39, 0.29) is 6.09 Å². The molecule has 2 aliphatic heterocycles. The van der Waals surface area contributed by atoms with Gasteiger partial charge in [0.1, 0.15) is 23.0 Å². The summed E-state index contributed by atoms with van der Waals surface area (Å²) in [5.74, 6) is 1.88. The number of piperidine rings is 1. The Balaban J connectivity index is 1.40. The molecule has 0 aromatic carbocycles. The van der Waals surface area contributed by atoms with Crippen LogP contribution in [0.5, 0.6) is 5.75 Å². The van der Waals surface area contributed by atoms with E-state index >= 15 is 0 Å². The summed E-state index contributed by atoms with van der Waals surface area (Å²) in [6.07, 6.45) is 3.24. The van der Waals surface area contributed by atoms with E-state index in [1.807, 2.05) is 51.4 Å². The van der Waals surface area contributed by atoms with Crippen molar-refractivity contribution in [2.24, 2.45) is 5.92 Å². The Morgan fingerprint density at radius 2 is 2.03 bits per heavy atom. The molecule has 198 valence electrons. The normalized spacial score (nSPS) is 16.5. The molecule has 0 radical (unpaired) electrons. The fraction of sp³-hybridized carbons (Fsp3) is 0.538. The zero-order valence-electron chi connectivity index (χ0n) is 22.0. The summed E-state index contributed by atoms with van der Waals surface area (Å²) in [6.45, 7) is 11.1. The van der Waals surface area contributed by atoms with Gasteiger partial charge in [0.05, 0.1) is 17.9 Å². The average molecular weight is 528 g/mol. The smallest absolute Gasteiger partial charge is 0.410 e. The number of hydrogen-bond donors (Lipinski definition) is 1. The van der Waals surface area contributed by atoms with Crippen molar-refractivity contribution in [3.8, 4) is 17.0 Å². The molecular weight excluding hydrogens is 494 g/mol. The molecule has 5 rings (SSSR count). The summed E-state index contributed by atoms with van der Waals surface area (Å²) in [4.78, 5) is 25.3. The summed E-state index contributed by atoms with van der Waals surface area (Å²) in [6, 6.07) is 3.72. The lowest BCUT2D eigenvalue weighted by molar-refractivity contribution is 0.0188. The Morgan fingerprint density at radius 1 is 1.27 bits per heavy atom. The molecule has 1 amide bonds. The second-order valence-electron chi connectivity index (χ2n) is 10.7. The molecule has 1 fully saturated rings. The zero-order valence-corrected chi connectivity index (χ0v) is 22.8. The van der Waals surface area contributed by atoms with Gasteiger partial charge in [0.2, 0.25) is 0 Å². The Morgan fingerprint density at radius 3 is 2.73 bits per heavy atom. The van der Waals surface area contributed by atoms with Crippen LogP contribution >= 0.6 is 11.6 Å². The fourth-order valence-electron chi connectivity index (χ4n) is 4.89. The van der Waals surface area contributed by atoms with E-state index < -0.39 is 5.60 Å². The standard InChI is InChI=1S/C26H34ClN7O3/c1-16-20(18-6-9-28-19(27)14-18)34-24(30-16)22-21(32(5)12-13-36-22)23(31-34)29-15-17-7-10-33(11-8-17)25(35)37-26(2,3)4/h6,9,14,17H,7-8,10-13,15H2,1-5H3,(H,29,31). The van der Waals surface area contributed by atoms with Gasteiger partial charge in [0, 0.05) is 38.4 Å². The average Bonchev–Trinajstić information content (AvgIpc) is 3.17. The molecule has 0 spiro atoms. The van der Waals surface area contributed by atoms with Gasteiger partial charge in [-0.1, -0.05) is 11.6 Å². The summed E-state index contributed by atoms with van der Waals surface area (Å²) in [5.41, 5.74) is 3.68. The van der Waals surface area contributed by atoms with Crippen molar-refractivity contribution in [3.63, 3.8) is 0 Å². The molecular formula is C26H34ClN7O3. The van der Waals surface area contributed by atoms with Crippen LogP contribution in [-0.4, -0.2) is 76.0 Å². The first kappa shape index (κ1) is 25.4. The molecule has 1 saturated heterocycles. The predicted molar refractivity (Wildman–Crippen MR) is 144 cm³/mol. The van der Waals surface area contributed by atoms with Gasteiger partial charge < -0.3 is 24.6 Å². The van der Waals surface area contributed by atoms with Crippen molar-refractivity contribution in [1.29, 1.82) is 0 Å². The Kier molecular flexibility index (Phi) is 6.78. The third kappa shape index (κ3) is 5.25. The number of ether oxygens (including phenoxy) is 2. The Labute approximate surface area is 221 Å². The van der Waals surface area contributed by atoms with E-state index in [0.717, 1.165) is 60.1 Å². The Hall–Kier alpha value is -3.27. The number of likely N-dealkylation sites (N-methyl/N-ethyl adjacent to an activating group) is 1. The number of halogens is 1. The van der Waals surface area contributed by atoms with Crippen molar-refractivity contribution in [2.45, 2.75) is 46.1 Å². The van der Waals surface area contributed by atoms with E-state index in [1.165, 1.54) is 0 Å². The number of anilines is 2. The maximum absolute atomic E-state index is 12.4. The van der Waals surface area contributed by atoms with Crippen LogP contribution in [0.4, 0.5) is 16.3 Å². The molecule has 0 unspecified atom stereocenters. The number of carbonyl (C=O) groups excluding carboxylic acids is 1. The summed E-state index contributed by atoms with van der Waals surface area (Å²) < 4.78 is 13.5. The highest BCUT2D eigenvalue weighted by Gasteiger charge is 2.30. The van der Waals surface area contributed by atoms with Gasteiger partial charge in [-0.25, -0.2) is 19.3 Å². The molecule has 10 nitrogen and oxygen atoms in total. The van der Waals surface area contributed by atoms with Gasteiger partial charge >= 0.3 is 6.09 Å². The second-order valence-corrected chi connectivity index (χ2v) is 11.1. The van der Waals surface area contributed by atoms with Gasteiger partial charge in [-0.15, -0.1) is 5.10 Å². The third-order valence-electron chi connectivity index (χ3n) is 6.75. The molecule has 11 heteroatoms. The number of nitrogens with one attached hydrogen (secondary N) is 1. The molecule has 0 bridgehead atoms. The zero-order chi connectivity index (χ0) is 26.3. The maximum Gasteiger partial charge on any atom is 0.410 e. The van der Waals surface area contributed by atoms with Gasteiger partial charge in [-0.2, -0.15) is 0 Å². The van der Waals surface area contributed by atoms with Crippen LogP contribution in [0.3, 0.4) is 0 Å². The highest BCUT2D eigenvalue weighted by Crippen LogP contribution is 2.41. The molecule has 37 heavy (non-hydrogen) atoms. The lowest BCUT2D eigenvalue weighted by Gasteiger charge is -2.34. The fourth-order valence-corrected chi connectivity index (χ4v) is 5.07.